The molecule has 3 aliphatic heterocycles. The number of amides is 2. The van der Waals surface area contributed by atoms with Gasteiger partial charge in [-0.25, -0.2) is 37.3 Å². The second-order valence-corrected chi connectivity index (χ2v) is 19.1. The number of rotatable bonds is 4. The number of fused-ring (bicyclic) bond motifs is 4. The van der Waals surface area contributed by atoms with Crippen LogP contribution in [-0.2, 0) is 9.31 Å². The lowest BCUT2D eigenvalue weighted by molar-refractivity contribution is -0.0503. The molecule has 3 fully saturated rings. The zero-order valence-electron chi connectivity index (χ0n) is 38.6. The van der Waals surface area contributed by atoms with Crippen LogP contribution in [0, 0.1) is 0 Å². The van der Waals surface area contributed by atoms with Crippen molar-refractivity contribution in [1.82, 2.24) is 39.0 Å². The molecule has 2 N–H and O–H groups in total. The first-order valence-corrected chi connectivity index (χ1v) is 23.1. The van der Waals surface area contributed by atoms with Gasteiger partial charge in [0.25, 0.3) is 23.7 Å². The summed E-state index contributed by atoms with van der Waals surface area (Å²) in [6.07, 6.45) is 2.09. The third-order valence-corrected chi connectivity index (χ3v) is 13.7. The van der Waals surface area contributed by atoms with Gasteiger partial charge in [0.15, 0.2) is 11.3 Å². The van der Waals surface area contributed by atoms with Gasteiger partial charge < -0.3 is 19.1 Å². The number of nitrogens with one attached hydrogen (secondary N) is 2. The van der Waals surface area contributed by atoms with Crippen molar-refractivity contribution in [3.63, 3.8) is 0 Å². The zero-order valence-corrected chi connectivity index (χ0v) is 39.4. The molecule has 4 aromatic carbocycles. The number of hydrogen-bond donors (Lipinski definition) is 2. The number of alkyl halides is 4. The molecule has 0 atom stereocenters. The van der Waals surface area contributed by atoms with E-state index in [-0.39, 0.29) is 75.1 Å². The molecule has 0 spiro atoms. The molecule has 11 rings (SSSR count). The molecule has 0 radical (unpaired) electrons. The van der Waals surface area contributed by atoms with E-state index >= 15 is 0 Å². The number of piperidine rings is 2. The summed E-state index contributed by atoms with van der Waals surface area (Å²) >= 11 is 5.66. The number of hydrogen-bond acceptors (Lipinski definition) is 8. The van der Waals surface area contributed by atoms with E-state index in [9.17, 15) is 36.7 Å². The topological polar surface area (TPSA) is 159 Å². The maximum atomic E-state index is 13.4. The smallest absolute Gasteiger partial charge is 0.399 e. The first kappa shape index (κ1) is 48.2. The molecule has 362 valence electrons. The van der Waals surface area contributed by atoms with Crippen molar-refractivity contribution in [2.24, 2.45) is 0 Å². The predicted octanol–water partition coefficient (Wildman–Crippen LogP) is 8.40. The predicted molar refractivity (Wildman–Crippen MR) is 259 cm³/mol. The van der Waals surface area contributed by atoms with Crippen molar-refractivity contribution < 1.29 is 36.5 Å². The van der Waals surface area contributed by atoms with E-state index in [1.54, 1.807) is 42.7 Å². The summed E-state index contributed by atoms with van der Waals surface area (Å²) in [6, 6.07) is 29.4. The Hall–Kier alpha value is -6.83. The zero-order chi connectivity index (χ0) is 49.8. The number of nitrogens with zero attached hydrogens (tertiary/aromatic N) is 6. The van der Waals surface area contributed by atoms with E-state index in [4.69, 9.17) is 20.9 Å². The van der Waals surface area contributed by atoms with Crippen LogP contribution in [0.3, 0.4) is 0 Å². The van der Waals surface area contributed by atoms with Crippen LogP contribution in [0.5, 0.6) is 0 Å². The fourth-order valence-electron chi connectivity index (χ4n) is 8.68. The van der Waals surface area contributed by atoms with Gasteiger partial charge >= 0.3 is 18.5 Å². The average molecular weight is 979 g/mol. The number of aromatic amines is 2. The highest BCUT2D eigenvalue weighted by Gasteiger charge is 2.52. The fourth-order valence-corrected chi connectivity index (χ4v) is 8.83. The van der Waals surface area contributed by atoms with Crippen LogP contribution in [0.2, 0.25) is 5.02 Å². The second-order valence-electron chi connectivity index (χ2n) is 18.7. The summed E-state index contributed by atoms with van der Waals surface area (Å²) in [5.74, 6) is -5.79. The van der Waals surface area contributed by atoms with Gasteiger partial charge in [-0.2, -0.15) is 10.2 Å². The highest BCUT2D eigenvalue weighted by Crippen LogP contribution is 2.38. The van der Waals surface area contributed by atoms with Crippen molar-refractivity contribution in [3.05, 3.63) is 147 Å². The third kappa shape index (κ3) is 9.82. The Morgan fingerprint density at radius 1 is 0.614 bits per heavy atom. The van der Waals surface area contributed by atoms with Crippen LogP contribution in [-0.4, -0.2) is 107 Å². The van der Waals surface area contributed by atoms with Crippen molar-refractivity contribution in [2.45, 2.75) is 76.4 Å². The van der Waals surface area contributed by atoms with Crippen molar-refractivity contribution in [3.8, 4) is 11.1 Å². The van der Waals surface area contributed by atoms with Crippen LogP contribution in [0.1, 0.15) is 74.1 Å². The lowest BCUT2D eigenvalue weighted by Gasteiger charge is -2.32. The molecule has 4 aromatic heterocycles. The standard InChI is InChI=1S/C22H26BF2NO3.C22H18F2N4O2.C6H4ClN3O/c1-20(2)21(3,4)29-23(28-20)18-7-5-6-15-14-16(8-9-17(15)18)19(27)26-12-10-22(24,25)11-13-26;23-22(24)7-10-27(11-8-22)20(29)16-4-5-18-14(12-16)2-1-3-17(18)15-6-9-28-19(13-15)25-26-21(28)30;7-4-1-2-10-5(3-4)8-9-6(10)11/h5-9,14H,10-13H2,1-4H3;1-6,9,12-13H,7-8,10-11H2,(H,26,30);1-3H,(H,9,11). The largest absolute Gasteiger partial charge is 0.495 e. The van der Waals surface area contributed by atoms with Gasteiger partial charge in [0, 0.05) is 86.5 Å². The molecule has 20 heteroatoms. The Morgan fingerprint density at radius 2 is 1.09 bits per heavy atom. The van der Waals surface area contributed by atoms with Crippen LogP contribution >= 0.6 is 11.6 Å². The van der Waals surface area contributed by atoms with E-state index in [2.05, 4.69) is 20.4 Å². The number of likely N-dealkylation sites (tertiary alicyclic amines) is 2. The molecular weight excluding hydrogens is 931 g/mol. The molecule has 0 aliphatic carbocycles. The van der Waals surface area contributed by atoms with Gasteiger partial charge in [0.05, 0.1) is 11.2 Å². The molecule has 3 aliphatic rings. The van der Waals surface area contributed by atoms with Crippen LogP contribution in [0.15, 0.2) is 119 Å². The molecule has 0 bridgehead atoms. The van der Waals surface area contributed by atoms with Crippen LogP contribution in [0.25, 0.3) is 44.0 Å². The normalized spacial score (nSPS) is 18.1. The third-order valence-electron chi connectivity index (χ3n) is 13.5. The number of carbonyl (C=O) groups excluding carboxylic acids is 2. The summed E-state index contributed by atoms with van der Waals surface area (Å²) < 4.78 is 68.7. The van der Waals surface area contributed by atoms with Crippen LogP contribution in [0.4, 0.5) is 17.6 Å². The Kier molecular flexibility index (Phi) is 12.7. The maximum Gasteiger partial charge on any atom is 0.495 e. The Balaban J connectivity index is 0.000000143. The van der Waals surface area contributed by atoms with Gasteiger partial charge in [-0.05, 0) is 108 Å². The molecule has 0 unspecified atom stereocenters. The molecule has 14 nitrogen and oxygen atoms in total. The van der Waals surface area contributed by atoms with Crippen molar-refractivity contribution >= 4 is 68.8 Å². The van der Waals surface area contributed by atoms with Gasteiger partial charge in [0.1, 0.15) is 0 Å². The van der Waals surface area contributed by atoms with E-state index in [0.717, 1.165) is 38.1 Å². The molecule has 2 amide bonds. The molecule has 3 saturated heterocycles. The minimum atomic E-state index is -2.68. The second kappa shape index (κ2) is 18.5. The first-order valence-electron chi connectivity index (χ1n) is 22.7. The minimum absolute atomic E-state index is 0.0625. The summed E-state index contributed by atoms with van der Waals surface area (Å²) in [7, 11) is -0.491. The number of benzene rings is 4. The molecular formula is C50H48BClF4N8O6. The summed E-state index contributed by atoms with van der Waals surface area (Å²) in [5, 5.41) is 16.7. The van der Waals surface area contributed by atoms with Crippen molar-refractivity contribution in [2.75, 3.05) is 26.2 Å². The Morgan fingerprint density at radius 3 is 1.63 bits per heavy atom. The van der Waals surface area contributed by atoms with Crippen molar-refractivity contribution in [1.29, 1.82) is 0 Å². The number of carbonyl (C=O) groups is 2. The first-order chi connectivity index (χ1) is 33.2. The summed E-state index contributed by atoms with van der Waals surface area (Å²) in [6.45, 7) is 8.33. The highest BCUT2D eigenvalue weighted by molar-refractivity contribution is 6.65. The minimum Gasteiger partial charge on any atom is -0.399 e. The lowest BCUT2D eigenvalue weighted by atomic mass is 9.76. The van der Waals surface area contributed by atoms with Crippen LogP contribution < -0.4 is 16.8 Å². The lowest BCUT2D eigenvalue weighted by Crippen LogP contribution is -2.42. The molecule has 70 heavy (non-hydrogen) atoms. The molecule has 7 heterocycles. The highest BCUT2D eigenvalue weighted by atomic mass is 35.5. The van der Waals surface area contributed by atoms with E-state index < -0.39 is 30.2 Å². The SMILES string of the molecule is CC1(C)OB(c2cccc3cc(C(=O)N4CCC(F)(F)CC4)ccc23)OC1(C)C.O=C(c1ccc2c(-c3ccn4c(=O)[nH]nc4c3)cccc2c1)N1CCC(F)(F)CC1.O=c1[nH]nc2cc(Cl)ccn12. The Bertz CT molecular complexity index is 3390. The number of halogens is 5. The molecule has 8 aromatic rings. The Labute approximate surface area is 403 Å². The number of aromatic nitrogens is 6. The molecule has 0 saturated carbocycles. The van der Waals surface area contributed by atoms with Gasteiger partial charge in [-0.3, -0.25) is 18.4 Å². The van der Waals surface area contributed by atoms with E-state index in [1.165, 1.54) is 18.6 Å². The van der Waals surface area contributed by atoms with E-state index in [1.807, 2.05) is 94.4 Å². The number of pyridine rings is 2. The quantitative estimate of drug-likeness (QED) is 0.131. The average Bonchev–Trinajstić information content (AvgIpc) is 3.97. The number of H-pyrrole nitrogens is 2. The monoisotopic (exact) mass is 978 g/mol. The van der Waals surface area contributed by atoms with Gasteiger partial charge in [0.2, 0.25) is 0 Å². The van der Waals surface area contributed by atoms with Gasteiger partial charge in [-0.1, -0.05) is 60.1 Å². The van der Waals surface area contributed by atoms with Gasteiger partial charge in [-0.15, -0.1) is 0 Å². The van der Waals surface area contributed by atoms with E-state index in [0.29, 0.717) is 27.4 Å². The summed E-state index contributed by atoms with van der Waals surface area (Å²) in [4.78, 5) is 51.2. The fraction of sp³-hybridized carbons (Fsp3) is 0.320. The summed E-state index contributed by atoms with van der Waals surface area (Å²) in [5.41, 5.74) is 3.37. The maximum absolute atomic E-state index is 13.4.